The van der Waals surface area contributed by atoms with Crippen LogP contribution in [0.1, 0.15) is 18.9 Å². The second kappa shape index (κ2) is 6.75. The van der Waals surface area contributed by atoms with Crippen molar-refractivity contribution in [3.63, 3.8) is 0 Å². The minimum absolute atomic E-state index is 0.182. The summed E-state index contributed by atoms with van der Waals surface area (Å²) in [6.45, 7) is 2.80. The zero-order chi connectivity index (χ0) is 16.3. The van der Waals surface area contributed by atoms with E-state index in [0.717, 1.165) is 5.56 Å². The van der Waals surface area contributed by atoms with Crippen molar-refractivity contribution in [2.75, 3.05) is 26.3 Å². The Morgan fingerprint density at radius 2 is 2.13 bits per heavy atom. The fourth-order valence-electron chi connectivity index (χ4n) is 2.41. The minimum atomic E-state index is -3.61. The molecule has 0 unspecified atom stereocenters. The summed E-state index contributed by atoms with van der Waals surface area (Å²) in [6, 6.07) is 8.73. The first-order valence-corrected chi connectivity index (χ1v) is 8.79. The Bertz CT molecular complexity index is 747. The zero-order valence-electron chi connectivity index (χ0n) is 12.7. The van der Waals surface area contributed by atoms with Crippen molar-refractivity contribution < 1.29 is 17.7 Å². The number of aromatic nitrogens is 2. The van der Waals surface area contributed by atoms with Gasteiger partial charge in [0.2, 0.25) is 11.7 Å². The van der Waals surface area contributed by atoms with Crippen LogP contribution in [0.3, 0.4) is 0 Å². The van der Waals surface area contributed by atoms with Crippen molar-refractivity contribution in [3.8, 4) is 11.4 Å². The normalized spacial score (nSPS) is 19.8. The van der Waals surface area contributed by atoms with E-state index >= 15 is 0 Å². The highest BCUT2D eigenvalue weighted by Crippen LogP contribution is 2.27. The fraction of sp³-hybridized carbons (Fsp3) is 0.429. The third-order valence-corrected chi connectivity index (χ3v) is 5.18. The van der Waals surface area contributed by atoms with Gasteiger partial charge in [-0.15, -0.1) is 0 Å². The van der Waals surface area contributed by atoms with Gasteiger partial charge in [0.05, 0.1) is 13.2 Å². The van der Waals surface area contributed by atoms with E-state index in [2.05, 4.69) is 14.9 Å². The molecule has 0 spiro atoms. The summed E-state index contributed by atoms with van der Waals surface area (Å²) in [6.07, 6.45) is 0. The van der Waals surface area contributed by atoms with E-state index in [-0.39, 0.29) is 19.0 Å². The van der Waals surface area contributed by atoms with Crippen LogP contribution in [0.15, 0.2) is 34.9 Å². The van der Waals surface area contributed by atoms with Crippen LogP contribution < -0.4 is 4.72 Å². The number of hydrogen-bond donors (Lipinski definition) is 1. The van der Waals surface area contributed by atoms with E-state index in [1.165, 1.54) is 4.31 Å². The maximum atomic E-state index is 12.3. The lowest BCUT2D eigenvalue weighted by molar-refractivity contribution is 0.0198. The number of rotatable bonds is 5. The van der Waals surface area contributed by atoms with Crippen LogP contribution in [0.5, 0.6) is 0 Å². The molecule has 1 aliphatic heterocycles. The Morgan fingerprint density at radius 3 is 2.87 bits per heavy atom. The van der Waals surface area contributed by atoms with Crippen molar-refractivity contribution in [3.05, 3.63) is 36.2 Å². The van der Waals surface area contributed by atoms with Gasteiger partial charge in [-0.25, -0.2) is 4.72 Å². The number of nitrogens with one attached hydrogen (secondary N) is 1. The molecule has 1 aromatic heterocycles. The standard InChI is InChI=1S/C14H18N4O4S/c1-2-15-23(19,20)18-8-9-21-10-12(18)14-16-13(17-22-14)11-6-4-3-5-7-11/h3-7,12,15H,2,8-10H2,1H3/t12-/m0/s1. The molecule has 0 aliphatic carbocycles. The van der Waals surface area contributed by atoms with Crippen LogP contribution >= 0.6 is 0 Å². The van der Waals surface area contributed by atoms with Gasteiger partial charge in [0.1, 0.15) is 6.04 Å². The molecule has 124 valence electrons. The summed E-state index contributed by atoms with van der Waals surface area (Å²) in [5, 5.41) is 3.94. The van der Waals surface area contributed by atoms with Crippen molar-refractivity contribution in [2.45, 2.75) is 13.0 Å². The smallest absolute Gasteiger partial charge is 0.280 e. The first-order chi connectivity index (χ1) is 11.1. The molecule has 1 atom stereocenters. The molecule has 0 saturated carbocycles. The Balaban J connectivity index is 1.89. The van der Waals surface area contributed by atoms with Crippen molar-refractivity contribution in [1.82, 2.24) is 19.2 Å². The minimum Gasteiger partial charge on any atom is -0.378 e. The Hall–Kier alpha value is -1.81. The second-order valence-electron chi connectivity index (χ2n) is 5.03. The lowest BCUT2D eigenvalue weighted by Crippen LogP contribution is -2.48. The number of nitrogens with zero attached hydrogens (tertiary/aromatic N) is 3. The highest BCUT2D eigenvalue weighted by molar-refractivity contribution is 7.87. The summed E-state index contributed by atoms with van der Waals surface area (Å²) in [5.74, 6) is 0.650. The molecule has 1 aliphatic rings. The molecule has 0 bridgehead atoms. The number of ether oxygens (including phenoxy) is 1. The first kappa shape index (κ1) is 16.1. The van der Waals surface area contributed by atoms with Gasteiger partial charge in [-0.3, -0.25) is 0 Å². The van der Waals surface area contributed by atoms with Gasteiger partial charge in [-0.1, -0.05) is 42.4 Å². The molecule has 1 N–H and O–H groups in total. The first-order valence-electron chi connectivity index (χ1n) is 7.35. The van der Waals surface area contributed by atoms with Crippen LogP contribution in [-0.4, -0.2) is 49.2 Å². The zero-order valence-corrected chi connectivity index (χ0v) is 13.5. The lowest BCUT2D eigenvalue weighted by atomic mass is 10.2. The molecule has 1 aromatic carbocycles. The van der Waals surface area contributed by atoms with E-state index in [0.29, 0.717) is 19.0 Å². The average Bonchev–Trinajstić information content (AvgIpc) is 3.05. The van der Waals surface area contributed by atoms with Gasteiger partial charge in [0, 0.05) is 18.7 Å². The summed E-state index contributed by atoms with van der Waals surface area (Å²) < 4.78 is 39.1. The molecule has 3 rings (SSSR count). The quantitative estimate of drug-likeness (QED) is 0.872. The van der Waals surface area contributed by atoms with Crippen molar-refractivity contribution >= 4 is 10.2 Å². The Kier molecular flexibility index (Phi) is 4.71. The number of morpholine rings is 1. The van der Waals surface area contributed by atoms with E-state index < -0.39 is 16.3 Å². The molecule has 2 aromatic rings. The third-order valence-electron chi connectivity index (χ3n) is 3.47. The SMILES string of the molecule is CCNS(=O)(=O)N1CCOC[C@H]1c1nc(-c2ccccc2)no1. The van der Waals surface area contributed by atoms with Gasteiger partial charge >= 0.3 is 0 Å². The molecule has 0 amide bonds. The lowest BCUT2D eigenvalue weighted by Gasteiger charge is -2.31. The molecule has 0 radical (unpaired) electrons. The Morgan fingerprint density at radius 1 is 1.35 bits per heavy atom. The van der Waals surface area contributed by atoms with E-state index in [4.69, 9.17) is 9.26 Å². The average molecular weight is 338 g/mol. The van der Waals surface area contributed by atoms with Crippen LogP contribution in [0.25, 0.3) is 11.4 Å². The van der Waals surface area contributed by atoms with Gasteiger partial charge in [0.15, 0.2) is 0 Å². The molecule has 23 heavy (non-hydrogen) atoms. The number of benzene rings is 1. The van der Waals surface area contributed by atoms with Crippen molar-refractivity contribution in [2.24, 2.45) is 0 Å². The third kappa shape index (κ3) is 3.42. The van der Waals surface area contributed by atoms with E-state index in [9.17, 15) is 8.42 Å². The molecular weight excluding hydrogens is 320 g/mol. The maximum Gasteiger partial charge on any atom is 0.280 e. The van der Waals surface area contributed by atoms with Gasteiger partial charge in [-0.2, -0.15) is 17.7 Å². The fourth-order valence-corrected chi connectivity index (χ4v) is 3.74. The van der Waals surface area contributed by atoms with Gasteiger partial charge in [-0.05, 0) is 0 Å². The molecule has 8 nitrogen and oxygen atoms in total. The number of hydrogen-bond acceptors (Lipinski definition) is 6. The van der Waals surface area contributed by atoms with Gasteiger partial charge < -0.3 is 9.26 Å². The highest BCUT2D eigenvalue weighted by Gasteiger charge is 2.37. The van der Waals surface area contributed by atoms with Gasteiger partial charge in [0.25, 0.3) is 10.2 Å². The summed E-state index contributed by atoms with van der Waals surface area (Å²) in [7, 11) is -3.61. The molecular formula is C14H18N4O4S. The predicted molar refractivity (Wildman–Crippen MR) is 82.6 cm³/mol. The molecule has 1 fully saturated rings. The van der Waals surface area contributed by atoms with E-state index in [1.54, 1.807) is 6.92 Å². The highest BCUT2D eigenvalue weighted by atomic mass is 32.2. The monoisotopic (exact) mass is 338 g/mol. The van der Waals surface area contributed by atoms with Crippen LogP contribution in [0.4, 0.5) is 0 Å². The summed E-state index contributed by atoms with van der Waals surface area (Å²) >= 11 is 0. The van der Waals surface area contributed by atoms with E-state index in [1.807, 2.05) is 30.3 Å². The molecule has 1 saturated heterocycles. The predicted octanol–water partition coefficient (Wildman–Crippen LogP) is 0.964. The molecule has 9 heteroatoms. The summed E-state index contributed by atoms with van der Waals surface area (Å²) in [5.41, 5.74) is 0.806. The van der Waals surface area contributed by atoms with Crippen molar-refractivity contribution in [1.29, 1.82) is 0 Å². The second-order valence-corrected chi connectivity index (χ2v) is 6.73. The van der Waals surface area contributed by atoms with Crippen LogP contribution in [0.2, 0.25) is 0 Å². The van der Waals surface area contributed by atoms with Crippen LogP contribution in [0, 0.1) is 0 Å². The molecule has 2 heterocycles. The topological polar surface area (TPSA) is 97.6 Å². The maximum absolute atomic E-state index is 12.3. The summed E-state index contributed by atoms with van der Waals surface area (Å²) in [4.78, 5) is 4.34. The Labute approximate surface area is 134 Å². The largest absolute Gasteiger partial charge is 0.378 e. The van der Waals surface area contributed by atoms with Crippen LogP contribution in [-0.2, 0) is 14.9 Å².